The lowest BCUT2D eigenvalue weighted by Crippen LogP contribution is -2.35. The van der Waals surface area contributed by atoms with Crippen LogP contribution in [0.1, 0.15) is 39.2 Å². The molecule has 1 aromatic carbocycles. The molecule has 3 nitrogen and oxygen atoms in total. The lowest BCUT2D eigenvalue weighted by atomic mass is 9.95. The molecule has 0 atom stereocenters. The molecule has 0 radical (unpaired) electrons. The van der Waals surface area contributed by atoms with Crippen molar-refractivity contribution < 1.29 is 9.84 Å². The van der Waals surface area contributed by atoms with Gasteiger partial charge in [0.25, 0.3) is 0 Å². The monoisotopic (exact) mass is 315 g/mol. The summed E-state index contributed by atoms with van der Waals surface area (Å²) in [7, 11) is 1.70. The molecule has 3 heteroatoms. The van der Waals surface area contributed by atoms with E-state index in [4.69, 9.17) is 4.74 Å². The zero-order chi connectivity index (χ0) is 16.9. The van der Waals surface area contributed by atoms with Crippen molar-refractivity contribution in [1.29, 1.82) is 0 Å². The SMILES string of the molecule is COc1ccc(CC#CC(C)(C)C)c(N2CCC(CO)CC2)c1. The maximum Gasteiger partial charge on any atom is 0.120 e. The van der Waals surface area contributed by atoms with E-state index in [-0.39, 0.29) is 5.41 Å². The Kier molecular flexibility index (Phi) is 5.96. The number of piperidine rings is 1. The number of aliphatic hydroxyl groups is 1. The topological polar surface area (TPSA) is 32.7 Å². The van der Waals surface area contributed by atoms with Crippen LogP contribution in [0.2, 0.25) is 0 Å². The van der Waals surface area contributed by atoms with E-state index in [2.05, 4.69) is 49.6 Å². The van der Waals surface area contributed by atoms with Crippen molar-refractivity contribution in [1.82, 2.24) is 0 Å². The van der Waals surface area contributed by atoms with Crippen LogP contribution in [0.3, 0.4) is 0 Å². The van der Waals surface area contributed by atoms with E-state index < -0.39 is 0 Å². The fourth-order valence-electron chi connectivity index (χ4n) is 2.88. The third-order valence-electron chi connectivity index (χ3n) is 4.25. The van der Waals surface area contributed by atoms with Crippen LogP contribution < -0.4 is 9.64 Å². The van der Waals surface area contributed by atoms with Crippen LogP contribution in [-0.4, -0.2) is 31.9 Å². The van der Waals surface area contributed by atoms with Gasteiger partial charge in [0.15, 0.2) is 0 Å². The van der Waals surface area contributed by atoms with E-state index in [1.807, 2.05) is 6.07 Å². The molecule has 1 aliphatic heterocycles. The zero-order valence-electron chi connectivity index (χ0n) is 14.9. The van der Waals surface area contributed by atoms with Crippen LogP contribution in [0.5, 0.6) is 5.75 Å². The van der Waals surface area contributed by atoms with Crippen LogP contribution in [0.15, 0.2) is 18.2 Å². The minimum Gasteiger partial charge on any atom is -0.497 e. The lowest BCUT2D eigenvalue weighted by Gasteiger charge is -2.34. The highest BCUT2D eigenvalue weighted by Crippen LogP contribution is 2.30. The van der Waals surface area contributed by atoms with Gasteiger partial charge in [-0.05, 0) is 51.2 Å². The van der Waals surface area contributed by atoms with Gasteiger partial charge in [0.1, 0.15) is 5.75 Å². The van der Waals surface area contributed by atoms with Crippen LogP contribution in [-0.2, 0) is 6.42 Å². The minimum atomic E-state index is 0.0338. The number of aliphatic hydroxyl groups excluding tert-OH is 1. The van der Waals surface area contributed by atoms with E-state index >= 15 is 0 Å². The summed E-state index contributed by atoms with van der Waals surface area (Å²) in [5.41, 5.74) is 2.51. The minimum absolute atomic E-state index is 0.0338. The van der Waals surface area contributed by atoms with E-state index in [1.54, 1.807) is 7.11 Å². The molecule has 1 fully saturated rings. The van der Waals surface area contributed by atoms with Gasteiger partial charge in [0.05, 0.1) is 7.11 Å². The Morgan fingerprint density at radius 2 is 1.96 bits per heavy atom. The molecule has 2 rings (SSSR count). The molecule has 0 spiro atoms. The third kappa shape index (κ3) is 5.18. The average Bonchev–Trinajstić information content (AvgIpc) is 2.54. The molecule has 1 aliphatic rings. The Morgan fingerprint density at radius 1 is 1.26 bits per heavy atom. The first kappa shape index (κ1) is 17.7. The van der Waals surface area contributed by atoms with E-state index in [9.17, 15) is 5.11 Å². The van der Waals surface area contributed by atoms with E-state index in [0.717, 1.165) is 38.1 Å². The summed E-state index contributed by atoms with van der Waals surface area (Å²) in [5.74, 6) is 7.96. The molecule has 0 amide bonds. The van der Waals surface area contributed by atoms with Gasteiger partial charge in [-0.3, -0.25) is 0 Å². The van der Waals surface area contributed by atoms with Crippen molar-refractivity contribution in [2.45, 2.75) is 40.0 Å². The molecule has 1 saturated heterocycles. The van der Waals surface area contributed by atoms with Crippen molar-refractivity contribution >= 4 is 5.69 Å². The second-order valence-corrected chi connectivity index (χ2v) is 7.34. The van der Waals surface area contributed by atoms with Gasteiger partial charge in [-0.1, -0.05) is 17.9 Å². The Labute approximate surface area is 140 Å². The summed E-state index contributed by atoms with van der Waals surface area (Å²) in [6.07, 6.45) is 2.85. The lowest BCUT2D eigenvalue weighted by molar-refractivity contribution is 0.203. The Morgan fingerprint density at radius 3 is 2.52 bits per heavy atom. The summed E-state index contributed by atoms with van der Waals surface area (Å²) in [5, 5.41) is 9.32. The fourth-order valence-corrected chi connectivity index (χ4v) is 2.88. The Hall–Kier alpha value is -1.66. The second kappa shape index (κ2) is 7.75. The Balaban J connectivity index is 2.19. The fraction of sp³-hybridized carbons (Fsp3) is 0.600. The molecule has 23 heavy (non-hydrogen) atoms. The number of benzene rings is 1. The van der Waals surface area contributed by atoms with Crippen molar-refractivity contribution in [3.63, 3.8) is 0 Å². The molecule has 0 aliphatic carbocycles. The molecule has 1 heterocycles. The maximum absolute atomic E-state index is 9.32. The van der Waals surface area contributed by atoms with Crippen LogP contribution in [0.25, 0.3) is 0 Å². The quantitative estimate of drug-likeness (QED) is 0.863. The largest absolute Gasteiger partial charge is 0.497 e. The highest BCUT2D eigenvalue weighted by molar-refractivity contribution is 5.58. The smallest absolute Gasteiger partial charge is 0.120 e. The molecule has 0 aromatic heterocycles. The molecule has 1 N–H and O–H groups in total. The van der Waals surface area contributed by atoms with Crippen molar-refractivity contribution in [2.75, 3.05) is 31.7 Å². The second-order valence-electron chi connectivity index (χ2n) is 7.34. The molecule has 0 unspecified atom stereocenters. The number of anilines is 1. The predicted octanol–water partition coefficient (Wildman–Crippen LogP) is 3.50. The normalized spacial score (nSPS) is 16.0. The van der Waals surface area contributed by atoms with Gasteiger partial charge in [0, 0.05) is 43.3 Å². The van der Waals surface area contributed by atoms with Crippen LogP contribution in [0, 0.1) is 23.2 Å². The van der Waals surface area contributed by atoms with Gasteiger partial charge in [-0.25, -0.2) is 0 Å². The molecule has 1 aromatic rings. The number of hydrogen-bond donors (Lipinski definition) is 1. The van der Waals surface area contributed by atoms with Gasteiger partial charge >= 0.3 is 0 Å². The first-order chi connectivity index (χ1) is 10.9. The number of hydrogen-bond acceptors (Lipinski definition) is 3. The maximum atomic E-state index is 9.32. The van der Waals surface area contributed by atoms with E-state index in [0.29, 0.717) is 12.5 Å². The van der Waals surface area contributed by atoms with Gasteiger partial charge in [-0.15, -0.1) is 0 Å². The van der Waals surface area contributed by atoms with Crippen molar-refractivity contribution in [3.8, 4) is 17.6 Å². The summed E-state index contributed by atoms with van der Waals surface area (Å²) >= 11 is 0. The van der Waals surface area contributed by atoms with Crippen molar-refractivity contribution in [3.05, 3.63) is 23.8 Å². The summed E-state index contributed by atoms with van der Waals surface area (Å²) in [4.78, 5) is 2.41. The number of nitrogens with zero attached hydrogens (tertiary/aromatic N) is 1. The zero-order valence-corrected chi connectivity index (χ0v) is 14.9. The molecular weight excluding hydrogens is 286 g/mol. The van der Waals surface area contributed by atoms with Crippen molar-refractivity contribution in [2.24, 2.45) is 11.3 Å². The molecule has 0 saturated carbocycles. The molecular formula is C20H29NO2. The first-order valence-electron chi connectivity index (χ1n) is 8.45. The van der Waals surface area contributed by atoms with Crippen LogP contribution >= 0.6 is 0 Å². The Bertz CT molecular complexity index is 570. The predicted molar refractivity (Wildman–Crippen MR) is 96.0 cm³/mol. The standard InChI is InChI=1S/C20H29NO2/c1-20(2,3)11-5-6-17-7-8-18(23-4)14-19(17)21-12-9-16(15-22)10-13-21/h7-8,14,16,22H,6,9-10,12-13,15H2,1-4H3. The number of rotatable bonds is 4. The van der Waals surface area contributed by atoms with E-state index in [1.165, 1.54) is 11.3 Å². The molecule has 0 bridgehead atoms. The highest BCUT2D eigenvalue weighted by atomic mass is 16.5. The van der Waals surface area contributed by atoms with Crippen LogP contribution in [0.4, 0.5) is 5.69 Å². The van der Waals surface area contributed by atoms with Gasteiger partial charge in [-0.2, -0.15) is 0 Å². The molecule has 126 valence electrons. The van der Waals surface area contributed by atoms with Gasteiger partial charge < -0.3 is 14.7 Å². The highest BCUT2D eigenvalue weighted by Gasteiger charge is 2.20. The summed E-state index contributed by atoms with van der Waals surface area (Å²) < 4.78 is 5.40. The number of methoxy groups -OCH3 is 1. The third-order valence-corrected chi connectivity index (χ3v) is 4.25. The number of ether oxygens (including phenoxy) is 1. The first-order valence-corrected chi connectivity index (χ1v) is 8.45. The average molecular weight is 315 g/mol. The summed E-state index contributed by atoms with van der Waals surface area (Å²) in [6, 6.07) is 6.26. The van der Waals surface area contributed by atoms with Gasteiger partial charge in [0.2, 0.25) is 0 Å². The summed E-state index contributed by atoms with van der Waals surface area (Å²) in [6.45, 7) is 8.67.